The first-order chi connectivity index (χ1) is 11.1. The topological polar surface area (TPSA) is 108 Å². The van der Waals surface area contributed by atoms with Gasteiger partial charge in [0.2, 0.25) is 10.0 Å². The lowest BCUT2D eigenvalue weighted by atomic mass is 10.1. The smallest absolute Gasteiger partial charge is 0.338 e. The van der Waals surface area contributed by atoms with Gasteiger partial charge in [-0.3, -0.25) is 9.36 Å². The van der Waals surface area contributed by atoms with Crippen LogP contribution in [0.5, 0.6) is 0 Å². The van der Waals surface area contributed by atoms with Crippen molar-refractivity contribution in [1.29, 1.82) is 0 Å². The lowest BCUT2D eigenvalue weighted by Crippen LogP contribution is -2.20. The largest absolute Gasteiger partial charge is 0.460 e. The minimum Gasteiger partial charge on any atom is -0.460 e. The maximum absolute atomic E-state index is 12.1. The van der Waals surface area contributed by atoms with Crippen molar-refractivity contribution in [3.05, 3.63) is 49.6 Å². The van der Waals surface area contributed by atoms with E-state index in [1.165, 1.54) is 10.6 Å². The predicted molar refractivity (Wildman–Crippen MR) is 90.9 cm³/mol. The average Bonchev–Trinajstić information content (AvgIpc) is 2.80. The van der Waals surface area contributed by atoms with E-state index in [-0.39, 0.29) is 28.5 Å². The Kier molecular flexibility index (Phi) is 5.26. The van der Waals surface area contributed by atoms with Crippen molar-refractivity contribution >= 4 is 27.3 Å². The second-order valence-corrected chi connectivity index (χ2v) is 7.74. The summed E-state index contributed by atoms with van der Waals surface area (Å²) in [6.07, 6.45) is 0. The summed E-state index contributed by atoms with van der Waals surface area (Å²) in [5.74, 6) is -0.663. The van der Waals surface area contributed by atoms with Gasteiger partial charge in [0.1, 0.15) is 6.61 Å². The molecule has 0 aliphatic carbocycles. The molecular weight excluding hydrogens is 352 g/mol. The normalized spacial score (nSPS) is 11.5. The van der Waals surface area contributed by atoms with Crippen molar-refractivity contribution in [2.75, 3.05) is 6.61 Å². The highest BCUT2D eigenvalue weighted by atomic mass is 32.2. The van der Waals surface area contributed by atoms with Crippen molar-refractivity contribution < 1.29 is 17.9 Å². The van der Waals surface area contributed by atoms with E-state index in [2.05, 4.69) is 0 Å². The lowest BCUT2D eigenvalue weighted by Gasteiger charge is -2.11. The van der Waals surface area contributed by atoms with Crippen LogP contribution < -0.4 is 10.0 Å². The molecule has 0 aliphatic rings. The molecule has 0 saturated carbocycles. The van der Waals surface area contributed by atoms with Crippen LogP contribution in [0.4, 0.5) is 0 Å². The zero-order valence-electron chi connectivity index (χ0n) is 13.5. The molecular formula is C15H18N2O5S2. The summed E-state index contributed by atoms with van der Waals surface area (Å²) in [5, 5.41) is 6.90. The number of ether oxygens (including phenoxy) is 1. The molecule has 7 nitrogen and oxygen atoms in total. The first-order valence-corrected chi connectivity index (χ1v) is 9.50. The second kappa shape index (κ2) is 6.88. The summed E-state index contributed by atoms with van der Waals surface area (Å²) in [6, 6.07) is 2.76. The lowest BCUT2D eigenvalue weighted by molar-refractivity contribution is 0.0489. The molecule has 9 heteroatoms. The molecule has 24 heavy (non-hydrogen) atoms. The summed E-state index contributed by atoms with van der Waals surface area (Å²) >= 11 is 1.08. The monoisotopic (exact) mass is 370 g/mol. The van der Waals surface area contributed by atoms with Crippen molar-refractivity contribution in [3.63, 3.8) is 0 Å². The van der Waals surface area contributed by atoms with Crippen LogP contribution >= 0.6 is 11.3 Å². The molecule has 0 radical (unpaired) electrons. The third kappa shape index (κ3) is 3.92. The fourth-order valence-corrected chi connectivity index (χ4v) is 3.87. The molecule has 1 aromatic carbocycles. The van der Waals surface area contributed by atoms with Gasteiger partial charge in [-0.2, -0.15) is 0 Å². The quantitative estimate of drug-likeness (QED) is 0.799. The molecule has 0 spiro atoms. The highest BCUT2D eigenvalue weighted by Gasteiger charge is 2.18. The Labute approximate surface area is 143 Å². The number of nitrogens with zero attached hydrogens (tertiary/aromatic N) is 1. The second-order valence-electron chi connectivity index (χ2n) is 5.39. The highest BCUT2D eigenvalue weighted by Crippen LogP contribution is 2.20. The van der Waals surface area contributed by atoms with Crippen LogP contribution in [0.1, 0.15) is 27.2 Å². The zero-order chi connectivity index (χ0) is 18.1. The molecule has 1 aromatic heterocycles. The number of rotatable bonds is 5. The van der Waals surface area contributed by atoms with Crippen LogP contribution in [-0.2, 0) is 21.3 Å². The van der Waals surface area contributed by atoms with Gasteiger partial charge in [-0.25, -0.2) is 18.4 Å². The number of carbonyl (C=O) groups is 1. The SMILES string of the molecule is Cc1cc(C(=O)OCCn2c(C)csc2=O)cc(S(N)(=O)=O)c1C. The van der Waals surface area contributed by atoms with Crippen LogP contribution in [0.3, 0.4) is 0 Å². The Bertz CT molecular complexity index is 941. The van der Waals surface area contributed by atoms with E-state index in [1.807, 2.05) is 0 Å². The first kappa shape index (κ1) is 18.4. The molecule has 0 fully saturated rings. The minimum atomic E-state index is -3.93. The van der Waals surface area contributed by atoms with E-state index < -0.39 is 16.0 Å². The van der Waals surface area contributed by atoms with Gasteiger partial charge in [-0.05, 0) is 44.0 Å². The van der Waals surface area contributed by atoms with Gasteiger partial charge in [0, 0.05) is 11.1 Å². The predicted octanol–water partition coefficient (Wildman–Crippen LogP) is 1.34. The molecule has 0 unspecified atom stereocenters. The summed E-state index contributed by atoms with van der Waals surface area (Å²) in [6.45, 7) is 5.35. The Morgan fingerprint density at radius 2 is 1.96 bits per heavy atom. The minimum absolute atomic E-state index is 0.00788. The summed E-state index contributed by atoms with van der Waals surface area (Å²) < 4.78 is 29.9. The van der Waals surface area contributed by atoms with Crippen molar-refractivity contribution in [2.24, 2.45) is 5.14 Å². The molecule has 0 saturated heterocycles. The number of hydrogen-bond donors (Lipinski definition) is 1. The number of sulfonamides is 1. The van der Waals surface area contributed by atoms with Crippen molar-refractivity contribution in [1.82, 2.24) is 4.57 Å². The van der Waals surface area contributed by atoms with Gasteiger partial charge in [-0.15, -0.1) is 0 Å². The third-order valence-electron chi connectivity index (χ3n) is 3.69. The van der Waals surface area contributed by atoms with Crippen molar-refractivity contribution in [2.45, 2.75) is 32.2 Å². The number of primary sulfonamides is 1. The van der Waals surface area contributed by atoms with Crippen LogP contribution in [-0.4, -0.2) is 25.6 Å². The van der Waals surface area contributed by atoms with Crippen LogP contribution in [0.15, 0.2) is 27.2 Å². The molecule has 2 aromatic rings. The Morgan fingerprint density at radius 3 is 2.50 bits per heavy atom. The number of benzene rings is 1. The number of hydrogen-bond acceptors (Lipinski definition) is 6. The molecule has 0 amide bonds. The fraction of sp³-hybridized carbons (Fsp3) is 0.333. The molecule has 130 valence electrons. The van der Waals surface area contributed by atoms with Gasteiger partial charge in [0.25, 0.3) is 0 Å². The van der Waals surface area contributed by atoms with E-state index >= 15 is 0 Å². The molecule has 1 heterocycles. The van der Waals surface area contributed by atoms with Gasteiger partial charge in [-0.1, -0.05) is 11.3 Å². The molecule has 0 bridgehead atoms. The number of aryl methyl sites for hydroxylation is 2. The van der Waals surface area contributed by atoms with Crippen molar-refractivity contribution in [3.8, 4) is 0 Å². The Balaban J connectivity index is 2.16. The van der Waals surface area contributed by atoms with Gasteiger partial charge < -0.3 is 4.74 Å². The number of esters is 1. The van der Waals surface area contributed by atoms with E-state index in [4.69, 9.17) is 9.88 Å². The van der Waals surface area contributed by atoms with Gasteiger partial charge >= 0.3 is 10.8 Å². The van der Waals surface area contributed by atoms with Gasteiger partial charge in [0.15, 0.2) is 0 Å². The van der Waals surface area contributed by atoms with Crippen LogP contribution in [0, 0.1) is 20.8 Å². The average molecular weight is 370 g/mol. The molecule has 0 atom stereocenters. The maximum atomic E-state index is 12.1. The highest BCUT2D eigenvalue weighted by molar-refractivity contribution is 7.89. The third-order valence-corrected chi connectivity index (χ3v) is 5.60. The standard InChI is InChI=1S/C15H18N2O5S2/c1-9-6-12(7-13(11(9)3)24(16,20)21)14(18)22-5-4-17-10(2)8-23-15(17)19/h6-8H,4-5H2,1-3H3,(H2,16,20,21). The first-order valence-electron chi connectivity index (χ1n) is 7.07. The van der Waals surface area contributed by atoms with E-state index in [0.29, 0.717) is 11.1 Å². The Morgan fingerprint density at radius 1 is 1.29 bits per heavy atom. The Hall–Kier alpha value is -1.97. The molecule has 2 rings (SSSR count). The number of aromatic nitrogens is 1. The summed E-state index contributed by atoms with van der Waals surface area (Å²) in [4.78, 5) is 23.5. The number of nitrogens with two attached hydrogens (primary N) is 1. The summed E-state index contributed by atoms with van der Waals surface area (Å²) in [7, 11) is -3.93. The molecule has 0 aliphatic heterocycles. The van der Waals surface area contributed by atoms with E-state index in [9.17, 15) is 18.0 Å². The number of carbonyl (C=O) groups excluding carboxylic acids is 1. The van der Waals surface area contributed by atoms with Crippen LogP contribution in [0.2, 0.25) is 0 Å². The fourth-order valence-electron chi connectivity index (χ4n) is 2.23. The van der Waals surface area contributed by atoms with Gasteiger partial charge in [0.05, 0.1) is 17.0 Å². The van der Waals surface area contributed by atoms with E-state index in [0.717, 1.165) is 17.0 Å². The van der Waals surface area contributed by atoms with E-state index in [1.54, 1.807) is 32.2 Å². The number of thiazole rings is 1. The molecule has 2 N–H and O–H groups in total. The summed E-state index contributed by atoms with van der Waals surface area (Å²) in [5.41, 5.74) is 2.02. The zero-order valence-corrected chi connectivity index (χ0v) is 15.2. The van der Waals surface area contributed by atoms with Crippen LogP contribution in [0.25, 0.3) is 0 Å². The maximum Gasteiger partial charge on any atom is 0.338 e.